The van der Waals surface area contributed by atoms with E-state index < -0.39 is 0 Å². The van der Waals surface area contributed by atoms with E-state index in [0.29, 0.717) is 0 Å². The average molecular weight is 371 g/mol. The Kier molecular flexibility index (Phi) is 3.77. The van der Waals surface area contributed by atoms with Gasteiger partial charge in [0.15, 0.2) is 0 Å². The molecule has 124 valence electrons. The molecule has 5 rings (SSSR count). The first-order valence-electron chi connectivity index (χ1n) is 8.57. The Bertz CT molecular complexity index is 1240. The molecule has 0 saturated carbocycles. The quantitative estimate of drug-likeness (QED) is 0.295. The maximum atomic E-state index is 6.76. The highest BCUT2D eigenvalue weighted by molar-refractivity contribution is 7.26. The number of halogens is 1. The van der Waals surface area contributed by atoms with Crippen LogP contribution in [0.25, 0.3) is 42.4 Å². The van der Waals surface area contributed by atoms with Gasteiger partial charge in [0.25, 0.3) is 0 Å². The van der Waals surface area contributed by atoms with E-state index in [9.17, 15) is 0 Å². The summed E-state index contributed by atoms with van der Waals surface area (Å²) in [6, 6.07) is 31.8. The van der Waals surface area contributed by atoms with Crippen LogP contribution in [-0.4, -0.2) is 0 Å². The predicted octanol–water partition coefficient (Wildman–Crippen LogP) is 8.04. The molecule has 0 amide bonds. The summed E-state index contributed by atoms with van der Waals surface area (Å²) in [6.45, 7) is 0. The molecule has 0 aliphatic rings. The maximum Gasteiger partial charge on any atom is 0.0491 e. The fraction of sp³-hybridized carbons (Fsp3) is 0. The minimum absolute atomic E-state index is 0.796. The number of hydrogen-bond acceptors (Lipinski definition) is 1. The second-order valence-corrected chi connectivity index (χ2v) is 7.80. The van der Waals surface area contributed by atoms with Crippen LogP contribution in [-0.2, 0) is 0 Å². The zero-order valence-corrected chi connectivity index (χ0v) is 15.5. The number of rotatable bonds is 2. The second kappa shape index (κ2) is 6.28. The lowest BCUT2D eigenvalue weighted by molar-refractivity contribution is 1.60. The summed E-state index contributed by atoms with van der Waals surface area (Å²) in [4.78, 5) is 0. The van der Waals surface area contributed by atoms with E-state index in [2.05, 4.69) is 78.9 Å². The van der Waals surface area contributed by atoms with Gasteiger partial charge in [0.1, 0.15) is 0 Å². The van der Waals surface area contributed by atoms with Crippen molar-refractivity contribution in [2.24, 2.45) is 0 Å². The summed E-state index contributed by atoms with van der Waals surface area (Å²) in [5.41, 5.74) is 4.72. The molecule has 0 spiro atoms. The van der Waals surface area contributed by atoms with Gasteiger partial charge in [-0.25, -0.2) is 0 Å². The Morgan fingerprint density at radius 2 is 1.27 bits per heavy atom. The average Bonchev–Trinajstić information content (AvgIpc) is 3.07. The topological polar surface area (TPSA) is 0 Å². The Hall–Kier alpha value is -2.61. The highest BCUT2D eigenvalue weighted by atomic mass is 35.5. The van der Waals surface area contributed by atoms with Crippen LogP contribution in [0.5, 0.6) is 0 Å². The van der Waals surface area contributed by atoms with Crippen molar-refractivity contribution < 1.29 is 0 Å². The van der Waals surface area contributed by atoms with E-state index in [0.717, 1.165) is 10.6 Å². The highest BCUT2D eigenvalue weighted by Gasteiger charge is 2.17. The molecule has 0 saturated heterocycles. The van der Waals surface area contributed by atoms with Crippen LogP contribution in [0.2, 0.25) is 5.02 Å². The molecule has 0 nitrogen and oxygen atoms in total. The Labute approximate surface area is 161 Å². The standard InChI is InChI=1S/C24H15ClS/c25-20-14-15-22-24(19-12-6-7-13-21(19)26-22)23(20)18-11-5-4-10-17(18)16-8-2-1-3-9-16/h1-15H. The summed E-state index contributed by atoms with van der Waals surface area (Å²) < 4.78 is 2.57. The Morgan fingerprint density at radius 1 is 0.577 bits per heavy atom. The van der Waals surface area contributed by atoms with Crippen LogP contribution in [0, 0.1) is 0 Å². The van der Waals surface area contributed by atoms with Gasteiger partial charge in [-0.15, -0.1) is 11.3 Å². The Balaban J connectivity index is 1.91. The summed E-state index contributed by atoms with van der Waals surface area (Å²) in [5.74, 6) is 0. The fourth-order valence-corrected chi connectivity index (χ4v) is 5.00. The van der Waals surface area contributed by atoms with Crippen LogP contribution in [0.15, 0.2) is 91.0 Å². The Morgan fingerprint density at radius 3 is 2.12 bits per heavy atom. The monoisotopic (exact) mass is 370 g/mol. The van der Waals surface area contributed by atoms with Crippen molar-refractivity contribution in [1.82, 2.24) is 0 Å². The van der Waals surface area contributed by atoms with Gasteiger partial charge in [0.2, 0.25) is 0 Å². The van der Waals surface area contributed by atoms with Gasteiger partial charge in [0, 0.05) is 30.8 Å². The minimum atomic E-state index is 0.796. The van der Waals surface area contributed by atoms with Crippen LogP contribution in [0.3, 0.4) is 0 Å². The molecule has 0 fully saturated rings. The molecule has 4 aromatic carbocycles. The molecule has 0 N–H and O–H groups in total. The van der Waals surface area contributed by atoms with Gasteiger partial charge in [-0.1, -0.05) is 84.4 Å². The summed E-state index contributed by atoms with van der Waals surface area (Å²) in [6.07, 6.45) is 0. The third-order valence-corrected chi connectivity index (χ3v) is 6.22. The summed E-state index contributed by atoms with van der Waals surface area (Å²) in [5, 5.41) is 3.32. The largest absolute Gasteiger partial charge is 0.135 e. The van der Waals surface area contributed by atoms with E-state index >= 15 is 0 Å². The van der Waals surface area contributed by atoms with Crippen LogP contribution in [0.4, 0.5) is 0 Å². The van der Waals surface area contributed by atoms with E-state index in [-0.39, 0.29) is 0 Å². The lowest BCUT2D eigenvalue weighted by Crippen LogP contribution is -1.87. The van der Waals surface area contributed by atoms with Gasteiger partial charge in [-0.3, -0.25) is 0 Å². The van der Waals surface area contributed by atoms with E-state index in [4.69, 9.17) is 11.6 Å². The third-order valence-electron chi connectivity index (χ3n) is 4.77. The third kappa shape index (κ3) is 2.44. The molecule has 26 heavy (non-hydrogen) atoms. The molecule has 0 aliphatic heterocycles. The smallest absolute Gasteiger partial charge is 0.0491 e. The lowest BCUT2D eigenvalue weighted by Gasteiger charge is -2.13. The van der Waals surface area contributed by atoms with Crippen LogP contribution >= 0.6 is 22.9 Å². The fourth-order valence-electron chi connectivity index (χ4n) is 3.63. The molecule has 0 bridgehead atoms. The molecular formula is C24H15ClS. The SMILES string of the molecule is Clc1ccc2sc3ccccc3c2c1-c1ccccc1-c1ccccc1. The minimum Gasteiger partial charge on any atom is -0.135 e. The van der Waals surface area contributed by atoms with Crippen molar-refractivity contribution in [3.8, 4) is 22.3 Å². The lowest BCUT2D eigenvalue weighted by atomic mass is 9.92. The van der Waals surface area contributed by atoms with Gasteiger partial charge in [-0.05, 0) is 34.9 Å². The highest BCUT2D eigenvalue weighted by Crippen LogP contribution is 2.45. The van der Waals surface area contributed by atoms with Gasteiger partial charge >= 0.3 is 0 Å². The molecule has 0 unspecified atom stereocenters. The number of fused-ring (bicyclic) bond motifs is 3. The van der Waals surface area contributed by atoms with Crippen molar-refractivity contribution >= 4 is 43.1 Å². The summed E-state index contributed by atoms with van der Waals surface area (Å²) in [7, 11) is 0. The zero-order valence-electron chi connectivity index (χ0n) is 13.9. The predicted molar refractivity (Wildman–Crippen MR) is 115 cm³/mol. The normalized spacial score (nSPS) is 11.3. The van der Waals surface area contributed by atoms with Crippen molar-refractivity contribution in [3.63, 3.8) is 0 Å². The number of hydrogen-bond donors (Lipinski definition) is 0. The summed E-state index contributed by atoms with van der Waals surface area (Å²) >= 11 is 8.58. The van der Waals surface area contributed by atoms with Crippen molar-refractivity contribution in [2.45, 2.75) is 0 Å². The molecule has 0 aliphatic carbocycles. The number of thiophene rings is 1. The molecule has 1 heterocycles. The number of benzene rings is 4. The van der Waals surface area contributed by atoms with Crippen molar-refractivity contribution in [1.29, 1.82) is 0 Å². The van der Waals surface area contributed by atoms with E-state index in [1.165, 1.54) is 36.9 Å². The first-order chi connectivity index (χ1) is 12.8. The molecule has 0 atom stereocenters. The first-order valence-corrected chi connectivity index (χ1v) is 9.77. The maximum absolute atomic E-state index is 6.76. The van der Waals surface area contributed by atoms with Gasteiger partial charge in [0.05, 0.1) is 0 Å². The van der Waals surface area contributed by atoms with E-state index in [1.807, 2.05) is 23.5 Å². The zero-order chi connectivity index (χ0) is 17.5. The van der Waals surface area contributed by atoms with Gasteiger partial charge < -0.3 is 0 Å². The molecular weight excluding hydrogens is 356 g/mol. The molecule has 5 aromatic rings. The molecule has 0 radical (unpaired) electrons. The van der Waals surface area contributed by atoms with Crippen molar-refractivity contribution in [3.05, 3.63) is 96.0 Å². The molecule has 2 heteroatoms. The van der Waals surface area contributed by atoms with E-state index in [1.54, 1.807) is 0 Å². The van der Waals surface area contributed by atoms with Gasteiger partial charge in [-0.2, -0.15) is 0 Å². The molecule has 1 aromatic heterocycles. The first kappa shape index (κ1) is 15.6. The van der Waals surface area contributed by atoms with Crippen LogP contribution < -0.4 is 0 Å². The van der Waals surface area contributed by atoms with Crippen LogP contribution in [0.1, 0.15) is 0 Å². The van der Waals surface area contributed by atoms with Crippen molar-refractivity contribution in [2.75, 3.05) is 0 Å². The second-order valence-electron chi connectivity index (χ2n) is 6.31.